The van der Waals surface area contributed by atoms with E-state index in [0.29, 0.717) is 17.1 Å². The number of aromatic nitrogens is 2. The molecule has 0 radical (unpaired) electrons. The van der Waals surface area contributed by atoms with E-state index in [1.165, 1.54) is 18.3 Å². The molecule has 4 rings (SSSR count). The molecule has 3 aromatic carbocycles. The molecule has 0 saturated heterocycles. The molecular formula is C24H16F3N3O. The summed E-state index contributed by atoms with van der Waals surface area (Å²) in [6.45, 7) is 0. The fourth-order valence-electron chi connectivity index (χ4n) is 3.06. The smallest absolute Gasteiger partial charge is 0.322 e. The third-order valence-electron chi connectivity index (χ3n) is 4.56. The normalized spacial score (nSPS) is 11.2. The summed E-state index contributed by atoms with van der Waals surface area (Å²) in [7, 11) is 0. The lowest BCUT2D eigenvalue weighted by atomic mass is 10.1. The van der Waals surface area contributed by atoms with Gasteiger partial charge in [-0.15, -0.1) is 0 Å². The molecule has 154 valence electrons. The van der Waals surface area contributed by atoms with E-state index in [1.807, 2.05) is 48.5 Å². The lowest BCUT2D eigenvalue weighted by Gasteiger charge is -2.13. The lowest BCUT2D eigenvalue weighted by molar-refractivity contribution is -0.137. The number of benzene rings is 3. The van der Waals surface area contributed by atoms with Gasteiger partial charge in [0.1, 0.15) is 0 Å². The van der Waals surface area contributed by atoms with Crippen LogP contribution in [0.3, 0.4) is 0 Å². The Bertz CT molecular complexity index is 1210. The van der Waals surface area contributed by atoms with Crippen molar-refractivity contribution < 1.29 is 18.0 Å². The highest BCUT2D eigenvalue weighted by atomic mass is 19.4. The third kappa shape index (κ3) is 4.61. The number of alkyl halides is 3. The van der Waals surface area contributed by atoms with Crippen LogP contribution < -0.4 is 5.32 Å². The molecule has 31 heavy (non-hydrogen) atoms. The van der Waals surface area contributed by atoms with Crippen molar-refractivity contribution in [3.05, 3.63) is 102 Å². The van der Waals surface area contributed by atoms with E-state index in [-0.39, 0.29) is 11.3 Å². The SMILES string of the molecule is O=C(Nc1cccc(C(F)(F)F)c1)c1cnc(-c2ccccc2)nc1-c1ccccc1. The zero-order valence-electron chi connectivity index (χ0n) is 16.1. The first-order chi connectivity index (χ1) is 14.9. The maximum absolute atomic E-state index is 13.0. The summed E-state index contributed by atoms with van der Waals surface area (Å²) in [6.07, 6.45) is -3.11. The van der Waals surface area contributed by atoms with Crippen molar-refractivity contribution in [3.63, 3.8) is 0 Å². The first-order valence-electron chi connectivity index (χ1n) is 9.38. The Morgan fingerprint density at radius 2 is 1.45 bits per heavy atom. The van der Waals surface area contributed by atoms with Gasteiger partial charge in [-0.3, -0.25) is 4.79 Å². The van der Waals surface area contributed by atoms with E-state index >= 15 is 0 Å². The van der Waals surface area contributed by atoms with Crippen molar-refractivity contribution in [1.29, 1.82) is 0 Å². The van der Waals surface area contributed by atoms with Gasteiger partial charge in [0.15, 0.2) is 5.82 Å². The van der Waals surface area contributed by atoms with Crippen molar-refractivity contribution in [2.45, 2.75) is 6.18 Å². The summed E-state index contributed by atoms with van der Waals surface area (Å²) in [5.41, 5.74) is 1.21. The van der Waals surface area contributed by atoms with Gasteiger partial charge in [0.25, 0.3) is 5.91 Å². The first-order valence-corrected chi connectivity index (χ1v) is 9.38. The molecule has 0 bridgehead atoms. The minimum absolute atomic E-state index is 0.0333. The molecule has 1 N–H and O–H groups in total. The fraction of sp³-hybridized carbons (Fsp3) is 0.0417. The number of amides is 1. The summed E-state index contributed by atoms with van der Waals surface area (Å²) < 4.78 is 39.0. The zero-order valence-corrected chi connectivity index (χ0v) is 16.1. The fourth-order valence-corrected chi connectivity index (χ4v) is 3.06. The molecule has 0 aliphatic rings. The van der Waals surface area contributed by atoms with Crippen LogP contribution in [0.4, 0.5) is 18.9 Å². The van der Waals surface area contributed by atoms with Gasteiger partial charge in [0.05, 0.1) is 16.8 Å². The van der Waals surface area contributed by atoms with Gasteiger partial charge in [-0.25, -0.2) is 9.97 Å². The van der Waals surface area contributed by atoms with Crippen molar-refractivity contribution in [2.24, 2.45) is 0 Å². The molecule has 4 aromatic rings. The topological polar surface area (TPSA) is 54.9 Å². The molecule has 1 aromatic heterocycles. The quantitative estimate of drug-likeness (QED) is 0.436. The largest absolute Gasteiger partial charge is 0.416 e. The molecule has 7 heteroatoms. The van der Waals surface area contributed by atoms with Gasteiger partial charge < -0.3 is 5.32 Å². The van der Waals surface area contributed by atoms with E-state index in [2.05, 4.69) is 15.3 Å². The lowest BCUT2D eigenvalue weighted by Crippen LogP contribution is -2.15. The predicted octanol–water partition coefficient (Wildman–Crippen LogP) is 6.08. The third-order valence-corrected chi connectivity index (χ3v) is 4.56. The van der Waals surface area contributed by atoms with E-state index in [1.54, 1.807) is 12.1 Å². The summed E-state index contributed by atoms with van der Waals surface area (Å²) in [4.78, 5) is 21.8. The van der Waals surface area contributed by atoms with Gasteiger partial charge in [0.2, 0.25) is 0 Å². The van der Waals surface area contributed by atoms with Crippen LogP contribution in [0.2, 0.25) is 0 Å². The van der Waals surface area contributed by atoms with Crippen LogP contribution in [0.15, 0.2) is 91.1 Å². The maximum Gasteiger partial charge on any atom is 0.416 e. The molecule has 0 atom stereocenters. The average Bonchev–Trinajstić information content (AvgIpc) is 2.79. The van der Waals surface area contributed by atoms with E-state index in [0.717, 1.165) is 17.7 Å². The number of hydrogen-bond acceptors (Lipinski definition) is 3. The van der Waals surface area contributed by atoms with Crippen molar-refractivity contribution >= 4 is 11.6 Å². The number of nitrogens with one attached hydrogen (secondary N) is 1. The number of nitrogens with zero attached hydrogens (tertiary/aromatic N) is 2. The Morgan fingerprint density at radius 1 is 0.806 bits per heavy atom. The van der Waals surface area contributed by atoms with Crippen molar-refractivity contribution in [3.8, 4) is 22.6 Å². The van der Waals surface area contributed by atoms with Gasteiger partial charge in [-0.2, -0.15) is 13.2 Å². The maximum atomic E-state index is 13.0. The highest BCUT2D eigenvalue weighted by Gasteiger charge is 2.30. The van der Waals surface area contributed by atoms with Crippen molar-refractivity contribution in [2.75, 3.05) is 5.32 Å². The highest BCUT2D eigenvalue weighted by Crippen LogP contribution is 2.31. The molecular weight excluding hydrogens is 403 g/mol. The van der Waals surface area contributed by atoms with Crippen LogP contribution in [-0.4, -0.2) is 15.9 Å². The number of anilines is 1. The number of carbonyl (C=O) groups is 1. The second kappa shape index (κ2) is 8.39. The zero-order chi connectivity index (χ0) is 21.8. The molecule has 0 aliphatic heterocycles. The summed E-state index contributed by atoms with van der Waals surface area (Å²) >= 11 is 0. The van der Waals surface area contributed by atoms with Gasteiger partial charge in [-0.05, 0) is 18.2 Å². The standard InChI is InChI=1S/C24H16F3N3O/c25-24(26,27)18-12-7-13-19(14-18)29-23(31)20-15-28-22(17-10-5-2-6-11-17)30-21(20)16-8-3-1-4-9-16/h1-15H,(H,29,31). The second-order valence-corrected chi connectivity index (χ2v) is 6.72. The summed E-state index contributed by atoms with van der Waals surface area (Å²) in [5.74, 6) is -0.159. The van der Waals surface area contributed by atoms with Crippen LogP contribution in [0.25, 0.3) is 22.6 Å². The Hall–Kier alpha value is -4.00. The van der Waals surface area contributed by atoms with Crippen LogP contribution in [0, 0.1) is 0 Å². The minimum Gasteiger partial charge on any atom is -0.322 e. The van der Waals surface area contributed by atoms with E-state index < -0.39 is 17.6 Å². The molecule has 0 saturated carbocycles. The predicted molar refractivity (Wildman–Crippen MR) is 112 cm³/mol. The van der Waals surface area contributed by atoms with Crippen LogP contribution in [-0.2, 0) is 6.18 Å². The molecule has 0 unspecified atom stereocenters. The van der Waals surface area contributed by atoms with Gasteiger partial charge in [-0.1, -0.05) is 66.7 Å². The average molecular weight is 419 g/mol. The van der Waals surface area contributed by atoms with Crippen molar-refractivity contribution in [1.82, 2.24) is 9.97 Å². The second-order valence-electron chi connectivity index (χ2n) is 6.72. The summed E-state index contributed by atoms with van der Waals surface area (Å²) in [5, 5.41) is 2.52. The minimum atomic E-state index is -4.50. The van der Waals surface area contributed by atoms with E-state index in [9.17, 15) is 18.0 Å². The Kier molecular flexibility index (Phi) is 5.49. The molecule has 0 spiro atoms. The number of rotatable bonds is 4. The molecule has 4 nitrogen and oxygen atoms in total. The molecule has 1 amide bonds. The van der Waals surface area contributed by atoms with Gasteiger partial charge >= 0.3 is 6.18 Å². The number of halogens is 3. The van der Waals surface area contributed by atoms with E-state index in [4.69, 9.17) is 0 Å². The van der Waals surface area contributed by atoms with Crippen LogP contribution in [0.5, 0.6) is 0 Å². The molecule has 1 heterocycles. The Morgan fingerprint density at radius 3 is 2.10 bits per heavy atom. The molecule has 0 fully saturated rings. The first kappa shape index (κ1) is 20.3. The number of carbonyl (C=O) groups excluding carboxylic acids is 1. The van der Waals surface area contributed by atoms with Crippen LogP contribution >= 0.6 is 0 Å². The number of hydrogen-bond donors (Lipinski definition) is 1. The Labute approximate surface area is 176 Å². The summed E-state index contributed by atoms with van der Waals surface area (Å²) in [6, 6.07) is 22.8. The van der Waals surface area contributed by atoms with Crippen LogP contribution in [0.1, 0.15) is 15.9 Å². The molecule has 0 aliphatic carbocycles. The monoisotopic (exact) mass is 419 g/mol. The highest BCUT2D eigenvalue weighted by molar-refractivity contribution is 6.08. The van der Waals surface area contributed by atoms with Gasteiger partial charge in [0, 0.05) is 23.0 Å². The Balaban J connectivity index is 1.73.